The van der Waals surface area contributed by atoms with Crippen molar-refractivity contribution < 1.29 is 4.74 Å². The molecule has 2 N–H and O–H groups in total. The highest BCUT2D eigenvalue weighted by molar-refractivity contribution is 5.60. The summed E-state index contributed by atoms with van der Waals surface area (Å²) in [5.74, 6) is 0.964. The Bertz CT molecular complexity index is 618. The minimum atomic E-state index is 0.00621. The summed E-state index contributed by atoms with van der Waals surface area (Å²) in [6.45, 7) is 9.98. The van der Waals surface area contributed by atoms with Gasteiger partial charge in [0.15, 0.2) is 5.82 Å². The van der Waals surface area contributed by atoms with Gasteiger partial charge in [0.2, 0.25) is 5.88 Å². The fourth-order valence-electron chi connectivity index (χ4n) is 2.25. The molecule has 0 unspecified atom stereocenters. The zero-order chi connectivity index (χ0) is 14.9. The maximum Gasteiger partial charge on any atom is 0.242 e. The van der Waals surface area contributed by atoms with Gasteiger partial charge < -0.3 is 10.5 Å². The van der Waals surface area contributed by atoms with Crippen molar-refractivity contribution in [2.75, 3.05) is 5.73 Å². The molecule has 2 rings (SSSR count). The predicted octanol–water partition coefficient (Wildman–Crippen LogP) is 2.21. The summed E-state index contributed by atoms with van der Waals surface area (Å²) in [5, 5.41) is 4.52. The van der Waals surface area contributed by atoms with Crippen molar-refractivity contribution in [3.05, 3.63) is 23.3 Å². The second kappa shape index (κ2) is 5.48. The van der Waals surface area contributed by atoms with E-state index in [4.69, 9.17) is 10.5 Å². The number of hydrogen-bond donors (Lipinski definition) is 1. The minimum absolute atomic E-state index is 0.00621. The van der Waals surface area contributed by atoms with Crippen LogP contribution >= 0.6 is 0 Å². The normalized spacial score (nSPS) is 11.1. The lowest BCUT2D eigenvalue weighted by Gasteiger charge is -2.13. The van der Waals surface area contributed by atoms with Crippen LogP contribution in [0.15, 0.2) is 6.33 Å². The molecule has 0 atom stereocenters. The summed E-state index contributed by atoms with van der Waals surface area (Å²) < 4.78 is 7.36. The van der Waals surface area contributed by atoms with Gasteiger partial charge in [0.25, 0.3) is 0 Å². The molecule has 0 saturated heterocycles. The van der Waals surface area contributed by atoms with Gasteiger partial charge >= 0.3 is 0 Å². The monoisotopic (exact) mass is 275 g/mol. The van der Waals surface area contributed by atoms with Crippen LogP contribution in [-0.4, -0.2) is 25.9 Å². The number of hydrogen-bond acceptors (Lipinski definition) is 5. The van der Waals surface area contributed by atoms with Crippen LogP contribution in [-0.2, 0) is 6.42 Å². The highest BCUT2D eigenvalue weighted by atomic mass is 16.5. The maximum atomic E-state index is 6.12. The van der Waals surface area contributed by atoms with Crippen molar-refractivity contribution in [2.24, 2.45) is 0 Å². The Kier molecular flexibility index (Phi) is 3.92. The number of nitrogen functional groups attached to an aromatic ring is 1. The molecule has 20 heavy (non-hydrogen) atoms. The number of rotatable bonds is 4. The van der Waals surface area contributed by atoms with E-state index in [0.29, 0.717) is 17.4 Å². The van der Waals surface area contributed by atoms with Crippen molar-refractivity contribution >= 4 is 5.69 Å². The SMILES string of the molecule is CCc1c(C)nn(-c2ncnc(OC(C)C)c2N)c1C. The highest BCUT2D eigenvalue weighted by Gasteiger charge is 2.17. The van der Waals surface area contributed by atoms with Crippen LogP contribution in [0.25, 0.3) is 5.82 Å². The largest absolute Gasteiger partial charge is 0.473 e. The van der Waals surface area contributed by atoms with Gasteiger partial charge in [0, 0.05) is 5.69 Å². The van der Waals surface area contributed by atoms with Crippen LogP contribution in [0.2, 0.25) is 0 Å². The number of aryl methyl sites for hydroxylation is 1. The molecule has 0 bridgehead atoms. The minimum Gasteiger partial charge on any atom is -0.473 e. The molecule has 0 aromatic carbocycles. The second-order valence-corrected chi connectivity index (χ2v) is 5.00. The summed E-state index contributed by atoms with van der Waals surface area (Å²) in [6.07, 6.45) is 2.38. The first-order chi connectivity index (χ1) is 9.45. The Balaban J connectivity index is 2.53. The summed E-state index contributed by atoms with van der Waals surface area (Å²) in [7, 11) is 0. The molecule has 6 heteroatoms. The Morgan fingerprint density at radius 1 is 1.30 bits per heavy atom. The Labute approximate surface area is 119 Å². The molecule has 0 radical (unpaired) electrons. The lowest BCUT2D eigenvalue weighted by atomic mass is 10.1. The molecule has 108 valence electrons. The lowest BCUT2D eigenvalue weighted by molar-refractivity contribution is 0.233. The molecule has 0 saturated carbocycles. The van der Waals surface area contributed by atoms with E-state index in [1.54, 1.807) is 4.68 Å². The molecular formula is C14H21N5O. The number of aromatic nitrogens is 4. The molecule has 0 spiro atoms. The average Bonchev–Trinajstić information content (AvgIpc) is 2.66. The number of ether oxygens (including phenoxy) is 1. The topological polar surface area (TPSA) is 78.8 Å². The zero-order valence-electron chi connectivity index (χ0n) is 12.6. The van der Waals surface area contributed by atoms with Crippen LogP contribution in [0, 0.1) is 13.8 Å². The van der Waals surface area contributed by atoms with E-state index in [-0.39, 0.29) is 6.10 Å². The molecule has 2 heterocycles. The van der Waals surface area contributed by atoms with E-state index >= 15 is 0 Å². The Hall–Kier alpha value is -2.11. The first-order valence-electron chi connectivity index (χ1n) is 6.78. The predicted molar refractivity (Wildman–Crippen MR) is 78.2 cm³/mol. The summed E-state index contributed by atoms with van der Waals surface area (Å²) in [6, 6.07) is 0. The van der Waals surface area contributed by atoms with Crippen LogP contribution in [0.3, 0.4) is 0 Å². The maximum absolute atomic E-state index is 6.12. The second-order valence-electron chi connectivity index (χ2n) is 5.00. The van der Waals surface area contributed by atoms with Crippen molar-refractivity contribution in [3.63, 3.8) is 0 Å². The van der Waals surface area contributed by atoms with E-state index in [1.165, 1.54) is 11.9 Å². The van der Waals surface area contributed by atoms with Gasteiger partial charge in [0.05, 0.1) is 11.8 Å². The molecule has 0 fully saturated rings. The fourth-order valence-corrected chi connectivity index (χ4v) is 2.25. The van der Waals surface area contributed by atoms with Crippen molar-refractivity contribution in [3.8, 4) is 11.7 Å². The fraction of sp³-hybridized carbons (Fsp3) is 0.500. The molecule has 0 aliphatic rings. The standard InChI is InChI=1S/C14H21N5O/c1-6-11-9(4)18-19(10(11)5)13-12(15)14(17-7-16-13)20-8(2)3/h7-8H,6,15H2,1-5H3. The van der Waals surface area contributed by atoms with Gasteiger partial charge in [-0.1, -0.05) is 6.92 Å². The molecular weight excluding hydrogens is 254 g/mol. The van der Waals surface area contributed by atoms with Gasteiger partial charge in [0.1, 0.15) is 12.0 Å². The van der Waals surface area contributed by atoms with Crippen molar-refractivity contribution in [2.45, 2.75) is 47.1 Å². The van der Waals surface area contributed by atoms with Gasteiger partial charge in [-0.05, 0) is 39.7 Å². The number of nitrogens with zero attached hydrogens (tertiary/aromatic N) is 4. The third-order valence-electron chi connectivity index (χ3n) is 3.17. The first-order valence-corrected chi connectivity index (χ1v) is 6.78. The highest BCUT2D eigenvalue weighted by Crippen LogP contribution is 2.26. The molecule has 0 aliphatic heterocycles. The van der Waals surface area contributed by atoms with Crippen molar-refractivity contribution in [1.82, 2.24) is 19.7 Å². The molecule has 0 aliphatic carbocycles. The Morgan fingerprint density at radius 2 is 2.00 bits per heavy atom. The summed E-state index contributed by atoms with van der Waals surface area (Å²) in [4.78, 5) is 8.33. The Morgan fingerprint density at radius 3 is 2.55 bits per heavy atom. The van der Waals surface area contributed by atoms with Gasteiger partial charge in [-0.2, -0.15) is 10.1 Å². The van der Waals surface area contributed by atoms with E-state index in [0.717, 1.165) is 17.8 Å². The summed E-state index contributed by atoms with van der Waals surface area (Å²) >= 11 is 0. The number of anilines is 1. The van der Waals surface area contributed by atoms with Crippen LogP contribution < -0.4 is 10.5 Å². The quantitative estimate of drug-likeness (QED) is 0.925. The molecule has 2 aromatic rings. The van der Waals surface area contributed by atoms with E-state index in [1.807, 2.05) is 27.7 Å². The average molecular weight is 275 g/mol. The van der Waals surface area contributed by atoms with Crippen LogP contribution in [0.4, 0.5) is 5.69 Å². The van der Waals surface area contributed by atoms with E-state index in [9.17, 15) is 0 Å². The first kappa shape index (κ1) is 14.3. The van der Waals surface area contributed by atoms with E-state index in [2.05, 4.69) is 22.0 Å². The molecule has 2 aromatic heterocycles. The smallest absolute Gasteiger partial charge is 0.242 e. The third-order valence-corrected chi connectivity index (χ3v) is 3.17. The third kappa shape index (κ3) is 2.45. The van der Waals surface area contributed by atoms with E-state index < -0.39 is 0 Å². The van der Waals surface area contributed by atoms with Gasteiger partial charge in [-0.3, -0.25) is 0 Å². The molecule has 0 amide bonds. The van der Waals surface area contributed by atoms with Crippen LogP contribution in [0.1, 0.15) is 37.7 Å². The summed E-state index contributed by atoms with van der Waals surface area (Å²) in [5.41, 5.74) is 9.79. The lowest BCUT2D eigenvalue weighted by Crippen LogP contribution is -2.13. The van der Waals surface area contributed by atoms with Gasteiger partial charge in [-0.15, -0.1) is 0 Å². The van der Waals surface area contributed by atoms with Crippen LogP contribution in [0.5, 0.6) is 5.88 Å². The van der Waals surface area contributed by atoms with Crippen molar-refractivity contribution in [1.29, 1.82) is 0 Å². The van der Waals surface area contributed by atoms with Gasteiger partial charge in [-0.25, -0.2) is 9.67 Å². The number of nitrogens with two attached hydrogens (primary N) is 1. The zero-order valence-corrected chi connectivity index (χ0v) is 12.6. The molecule has 6 nitrogen and oxygen atoms in total.